The van der Waals surface area contributed by atoms with Crippen LogP contribution in [0.3, 0.4) is 0 Å². The fraction of sp³-hybridized carbons (Fsp3) is 0.412. The summed E-state index contributed by atoms with van der Waals surface area (Å²) in [6.07, 6.45) is 2.14. The molecule has 1 heterocycles. The van der Waals surface area contributed by atoms with E-state index in [-0.39, 0.29) is 22.3 Å². The summed E-state index contributed by atoms with van der Waals surface area (Å²) in [4.78, 5) is 22.4. The topological polar surface area (TPSA) is 136 Å². The number of hydrogen-bond acceptors (Lipinski definition) is 7. The maximum absolute atomic E-state index is 13.1. The van der Waals surface area contributed by atoms with E-state index < -0.39 is 33.1 Å². The summed E-state index contributed by atoms with van der Waals surface area (Å²) in [5, 5.41) is 17.0. The minimum Gasteiger partial charge on any atom is -0.360 e. The van der Waals surface area contributed by atoms with Crippen LogP contribution in [0.4, 0.5) is 11.5 Å². The molecule has 29 heavy (non-hydrogen) atoms. The number of nitrogens with one attached hydrogen (secondary N) is 1. The van der Waals surface area contributed by atoms with Crippen LogP contribution in [-0.2, 0) is 14.8 Å². The normalized spacial score (nSPS) is 11.6. The van der Waals surface area contributed by atoms with Gasteiger partial charge in [-0.3, -0.25) is 14.9 Å². The average molecular weight is 445 g/mol. The average Bonchev–Trinajstić information content (AvgIpc) is 3.05. The predicted molar refractivity (Wildman–Crippen MR) is 106 cm³/mol. The van der Waals surface area contributed by atoms with Gasteiger partial charge in [-0.2, -0.15) is 4.31 Å². The largest absolute Gasteiger partial charge is 0.360 e. The number of carbonyl (C=O) groups excluding carboxylic acids is 1. The standard InChI is InChI=1S/C17H21ClN4O6S/c1-3-4-5-8-21(11-17(23)19-16-9-12(2)28-20-16)29(26,27)13-6-7-14(18)15(10-13)22(24)25/h6-7,9-10H,3-5,8,11H2,1-2H3,(H,19,20,23). The highest BCUT2D eigenvalue weighted by Crippen LogP contribution is 2.28. The van der Waals surface area contributed by atoms with Crippen LogP contribution in [0.2, 0.25) is 5.02 Å². The molecule has 0 aliphatic carbocycles. The van der Waals surface area contributed by atoms with Gasteiger partial charge >= 0.3 is 0 Å². The van der Waals surface area contributed by atoms with E-state index in [2.05, 4.69) is 10.5 Å². The van der Waals surface area contributed by atoms with E-state index in [0.717, 1.165) is 29.3 Å². The SMILES string of the molecule is CCCCCN(CC(=O)Nc1cc(C)on1)S(=O)(=O)c1ccc(Cl)c([N+](=O)[O-])c1. The second-order valence-electron chi connectivity index (χ2n) is 6.29. The molecule has 0 saturated heterocycles. The van der Waals surface area contributed by atoms with Gasteiger partial charge in [-0.25, -0.2) is 8.42 Å². The third kappa shape index (κ3) is 5.99. The Bertz CT molecular complexity index is 992. The number of amides is 1. The highest BCUT2D eigenvalue weighted by atomic mass is 35.5. The number of anilines is 1. The van der Waals surface area contributed by atoms with Crippen LogP contribution in [0.25, 0.3) is 0 Å². The van der Waals surface area contributed by atoms with Crippen LogP contribution < -0.4 is 5.32 Å². The summed E-state index contributed by atoms with van der Waals surface area (Å²) in [6.45, 7) is 3.21. The minimum absolute atomic E-state index is 0.0812. The molecule has 2 rings (SSSR count). The number of halogens is 1. The summed E-state index contributed by atoms with van der Waals surface area (Å²) in [7, 11) is -4.17. The Morgan fingerprint density at radius 3 is 2.66 bits per heavy atom. The third-order valence-electron chi connectivity index (χ3n) is 3.98. The molecule has 0 spiro atoms. The Kier molecular flexibility index (Phi) is 7.71. The number of carbonyl (C=O) groups is 1. The van der Waals surface area contributed by atoms with Crippen LogP contribution in [0, 0.1) is 17.0 Å². The highest BCUT2D eigenvalue weighted by Gasteiger charge is 2.29. The Morgan fingerprint density at radius 2 is 2.07 bits per heavy atom. The molecule has 0 bridgehead atoms. The number of benzene rings is 1. The predicted octanol–water partition coefficient (Wildman–Crippen LogP) is 3.36. The first-order chi connectivity index (χ1) is 13.6. The zero-order chi connectivity index (χ0) is 21.6. The molecule has 1 N–H and O–H groups in total. The van der Waals surface area contributed by atoms with Gasteiger partial charge in [0.25, 0.3) is 5.69 Å². The fourth-order valence-corrected chi connectivity index (χ4v) is 4.17. The first kappa shape index (κ1) is 22.8. The number of hydrogen-bond donors (Lipinski definition) is 1. The molecule has 0 aliphatic rings. The fourth-order valence-electron chi connectivity index (χ4n) is 2.53. The molecule has 0 atom stereocenters. The molecular formula is C17H21ClN4O6S. The Hall–Kier alpha value is -2.50. The summed E-state index contributed by atoms with van der Waals surface area (Å²) in [5.41, 5.74) is -0.524. The number of nitrogens with zero attached hydrogens (tertiary/aromatic N) is 3. The minimum atomic E-state index is -4.17. The number of unbranched alkanes of at least 4 members (excludes halogenated alkanes) is 2. The molecule has 0 aliphatic heterocycles. The van der Waals surface area contributed by atoms with Crippen LogP contribution in [0.5, 0.6) is 0 Å². The molecule has 1 aromatic heterocycles. The van der Waals surface area contributed by atoms with Crippen molar-refractivity contribution in [1.29, 1.82) is 0 Å². The molecule has 1 amide bonds. The summed E-state index contributed by atoms with van der Waals surface area (Å²) >= 11 is 5.77. The molecular weight excluding hydrogens is 424 g/mol. The van der Waals surface area contributed by atoms with E-state index in [1.54, 1.807) is 6.92 Å². The lowest BCUT2D eigenvalue weighted by Gasteiger charge is -2.21. The van der Waals surface area contributed by atoms with E-state index in [0.29, 0.717) is 12.2 Å². The zero-order valence-electron chi connectivity index (χ0n) is 15.9. The van der Waals surface area contributed by atoms with Gasteiger partial charge in [-0.15, -0.1) is 0 Å². The molecule has 158 valence electrons. The van der Waals surface area contributed by atoms with Crippen molar-refractivity contribution in [1.82, 2.24) is 9.46 Å². The van der Waals surface area contributed by atoms with Crippen LogP contribution >= 0.6 is 11.6 Å². The second-order valence-corrected chi connectivity index (χ2v) is 8.63. The number of aromatic nitrogens is 1. The van der Waals surface area contributed by atoms with Gasteiger partial charge in [0.2, 0.25) is 15.9 Å². The number of rotatable bonds is 10. The first-order valence-corrected chi connectivity index (χ1v) is 10.6. The van der Waals surface area contributed by atoms with Gasteiger partial charge in [0.05, 0.1) is 16.4 Å². The van der Waals surface area contributed by atoms with Crippen molar-refractivity contribution in [2.24, 2.45) is 0 Å². The summed E-state index contributed by atoms with van der Waals surface area (Å²) in [6, 6.07) is 4.71. The van der Waals surface area contributed by atoms with Crippen LogP contribution in [-0.4, -0.2) is 41.8 Å². The van der Waals surface area contributed by atoms with Crippen molar-refractivity contribution in [2.75, 3.05) is 18.4 Å². The number of aryl methyl sites for hydroxylation is 1. The van der Waals surface area contributed by atoms with E-state index in [9.17, 15) is 23.3 Å². The number of nitro benzene ring substituents is 1. The maximum atomic E-state index is 13.1. The molecule has 10 nitrogen and oxygen atoms in total. The Balaban J connectivity index is 2.28. The Morgan fingerprint density at radius 1 is 1.34 bits per heavy atom. The van der Waals surface area contributed by atoms with Crippen molar-refractivity contribution < 1.29 is 22.7 Å². The van der Waals surface area contributed by atoms with Gasteiger partial charge < -0.3 is 9.84 Å². The smallest absolute Gasteiger partial charge is 0.289 e. The molecule has 0 unspecified atom stereocenters. The maximum Gasteiger partial charge on any atom is 0.289 e. The van der Waals surface area contributed by atoms with Gasteiger partial charge in [0, 0.05) is 18.7 Å². The van der Waals surface area contributed by atoms with E-state index in [1.807, 2.05) is 6.92 Å². The van der Waals surface area contributed by atoms with Crippen molar-refractivity contribution >= 4 is 39.0 Å². The van der Waals surface area contributed by atoms with E-state index >= 15 is 0 Å². The van der Waals surface area contributed by atoms with Crippen molar-refractivity contribution in [2.45, 2.75) is 38.0 Å². The molecule has 0 saturated carbocycles. The zero-order valence-corrected chi connectivity index (χ0v) is 17.5. The summed E-state index contributed by atoms with van der Waals surface area (Å²) < 4.78 is 31.9. The lowest BCUT2D eigenvalue weighted by atomic mass is 10.2. The van der Waals surface area contributed by atoms with E-state index in [1.165, 1.54) is 12.1 Å². The number of nitro groups is 1. The Labute approximate surface area is 173 Å². The highest BCUT2D eigenvalue weighted by molar-refractivity contribution is 7.89. The van der Waals surface area contributed by atoms with Gasteiger partial charge in [0.15, 0.2) is 5.82 Å². The number of sulfonamides is 1. The molecule has 1 aromatic carbocycles. The van der Waals surface area contributed by atoms with Crippen molar-refractivity contribution in [3.05, 3.63) is 45.2 Å². The van der Waals surface area contributed by atoms with Crippen LogP contribution in [0.15, 0.2) is 33.7 Å². The molecule has 12 heteroatoms. The van der Waals surface area contributed by atoms with Gasteiger partial charge in [0.1, 0.15) is 10.8 Å². The van der Waals surface area contributed by atoms with Crippen molar-refractivity contribution in [3.63, 3.8) is 0 Å². The second kappa shape index (κ2) is 9.81. The first-order valence-electron chi connectivity index (χ1n) is 8.82. The monoisotopic (exact) mass is 444 g/mol. The quantitative estimate of drug-likeness (QED) is 0.337. The lowest BCUT2D eigenvalue weighted by Crippen LogP contribution is -2.38. The van der Waals surface area contributed by atoms with Gasteiger partial charge in [-0.1, -0.05) is 36.5 Å². The van der Waals surface area contributed by atoms with Gasteiger partial charge in [-0.05, 0) is 25.5 Å². The summed E-state index contributed by atoms with van der Waals surface area (Å²) in [5.74, 6) is 0.0450. The molecule has 0 fully saturated rings. The lowest BCUT2D eigenvalue weighted by molar-refractivity contribution is -0.384. The van der Waals surface area contributed by atoms with Crippen LogP contribution in [0.1, 0.15) is 31.9 Å². The van der Waals surface area contributed by atoms with Crippen molar-refractivity contribution in [3.8, 4) is 0 Å². The van der Waals surface area contributed by atoms with E-state index in [4.69, 9.17) is 16.1 Å². The molecule has 2 aromatic rings. The third-order valence-corrected chi connectivity index (χ3v) is 6.14. The molecule has 0 radical (unpaired) electrons.